The van der Waals surface area contributed by atoms with Gasteiger partial charge in [-0.2, -0.15) is 0 Å². The van der Waals surface area contributed by atoms with Gasteiger partial charge in [-0.3, -0.25) is 30.1 Å². The standard InChI is InChI=1S/C21H20N4O5S/c1-2-30-17-11-9-16(10-12-17)25-31(28,29)18-7-5-6-15(14-18)20(26)23-24-21(27)19-8-3-4-13-22-19/h3-14,25H,2H2,1H3,(H,23,26)(H,24,27). The number of nitrogens with one attached hydrogen (secondary N) is 3. The first-order valence-corrected chi connectivity index (χ1v) is 10.7. The number of hydrazine groups is 1. The number of hydrogen-bond donors (Lipinski definition) is 3. The van der Waals surface area contributed by atoms with Crippen molar-refractivity contribution >= 4 is 27.5 Å². The lowest BCUT2D eigenvalue weighted by molar-refractivity contribution is 0.0844. The summed E-state index contributed by atoms with van der Waals surface area (Å²) in [6, 6.07) is 16.7. The average molecular weight is 440 g/mol. The number of sulfonamides is 1. The summed E-state index contributed by atoms with van der Waals surface area (Å²) < 4.78 is 33.2. The van der Waals surface area contributed by atoms with Gasteiger partial charge < -0.3 is 4.74 Å². The second-order valence-electron chi connectivity index (χ2n) is 6.21. The molecule has 31 heavy (non-hydrogen) atoms. The van der Waals surface area contributed by atoms with Crippen LogP contribution >= 0.6 is 0 Å². The highest BCUT2D eigenvalue weighted by Crippen LogP contribution is 2.20. The zero-order valence-corrected chi connectivity index (χ0v) is 17.3. The maximum absolute atomic E-state index is 12.7. The summed E-state index contributed by atoms with van der Waals surface area (Å²) in [7, 11) is -3.94. The van der Waals surface area contributed by atoms with E-state index in [1.807, 2.05) is 6.92 Å². The molecule has 2 aromatic carbocycles. The zero-order chi connectivity index (χ0) is 22.3. The molecule has 0 spiro atoms. The van der Waals surface area contributed by atoms with Crippen molar-refractivity contribution in [3.8, 4) is 5.75 Å². The summed E-state index contributed by atoms with van der Waals surface area (Å²) in [5.74, 6) is -0.658. The molecule has 0 saturated heterocycles. The van der Waals surface area contributed by atoms with Gasteiger partial charge in [0.2, 0.25) is 0 Å². The van der Waals surface area contributed by atoms with Crippen LogP contribution in [0.4, 0.5) is 5.69 Å². The molecular formula is C21H20N4O5S. The molecule has 3 rings (SSSR count). The first kappa shape index (κ1) is 21.8. The summed E-state index contributed by atoms with van der Waals surface area (Å²) in [5, 5.41) is 0. The van der Waals surface area contributed by atoms with Gasteiger partial charge in [0.1, 0.15) is 11.4 Å². The molecule has 0 unspecified atom stereocenters. The first-order valence-electron chi connectivity index (χ1n) is 9.26. The van der Waals surface area contributed by atoms with Crippen molar-refractivity contribution < 1.29 is 22.7 Å². The van der Waals surface area contributed by atoms with Gasteiger partial charge in [-0.25, -0.2) is 8.42 Å². The number of carbonyl (C=O) groups excluding carboxylic acids is 2. The van der Waals surface area contributed by atoms with E-state index < -0.39 is 21.8 Å². The smallest absolute Gasteiger partial charge is 0.288 e. The minimum atomic E-state index is -3.94. The first-order chi connectivity index (χ1) is 14.9. The second kappa shape index (κ2) is 9.72. The Morgan fingerprint density at radius 3 is 2.35 bits per heavy atom. The molecule has 10 heteroatoms. The molecule has 1 aromatic heterocycles. The number of carbonyl (C=O) groups is 2. The molecule has 0 bridgehead atoms. The predicted molar refractivity (Wildman–Crippen MR) is 114 cm³/mol. The van der Waals surface area contributed by atoms with E-state index in [9.17, 15) is 18.0 Å². The predicted octanol–water partition coefficient (Wildman–Crippen LogP) is 2.36. The summed E-state index contributed by atoms with van der Waals surface area (Å²) >= 11 is 0. The van der Waals surface area contributed by atoms with Crippen LogP contribution < -0.4 is 20.3 Å². The fourth-order valence-electron chi connectivity index (χ4n) is 2.55. The molecule has 0 radical (unpaired) electrons. The Morgan fingerprint density at radius 2 is 1.68 bits per heavy atom. The van der Waals surface area contributed by atoms with Crippen LogP contribution in [0.2, 0.25) is 0 Å². The largest absolute Gasteiger partial charge is 0.494 e. The Bertz CT molecular complexity index is 1170. The maximum Gasteiger partial charge on any atom is 0.288 e. The summed E-state index contributed by atoms with van der Waals surface area (Å²) in [5.41, 5.74) is 4.99. The molecule has 3 N–H and O–H groups in total. The van der Waals surface area contributed by atoms with Crippen molar-refractivity contribution in [3.63, 3.8) is 0 Å². The molecule has 0 aliphatic rings. The highest BCUT2D eigenvalue weighted by molar-refractivity contribution is 7.92. The van der Waals surface area contributed by atoms with Crippen LogP contribution in [-0.2, 0) is 10.0 Å². The Labute approximate surface area is 179 Å². The lowest BCUT2D eigenvalue weighted by atomic mass is 10.2. The van der Waals surface area contributed by atoms with Crippen LogP contribution in [0.1, 0.15) is 27.8 Å². The molecule has 3 aromatic rings. The Balaban J connectivity index is 1.68. The molecule has 9 nitrogen and oxygen atoms in total. The maximum atomic E-state index is 12.7. The van der Waals surface area contributed by atoms with Gasteiger partial charge in [-0.15, -0.1) is 0 Å². The lowest BCUT2D eigenvalue weighted by Crippen LogP contribution is -2.42. The van der Waals surface area contributed by atoms with Crippen molar-refractivity contribution in [3.05, 3.63) is 84.2 Å². The quantitative estimate of drug-likeness (QED) is 0.484. The molecule has 0 saturated carbocycles. The molecule has 160 valence electrons. The van der Waals surface area contributed by atoms with Crippen LogP contribution in [0.15, 0.2) is 77.8 Å². The molecule has 0 atom stereocenters. The number of benzene rings is 2. The normalized spacial score (nSPS) is 10.7. The molecule has 0 aliphatic carbocycles. The minimum Gasteiger partial charge on any atom is -0.494 e. The van der Waals surface area contributed by atoms with E-state index in [1.165, 1.54) is 36.5 Å². The Hall–Kier alpha value is -3.92. The third-order valence-corrected chi connectivity index (χ3v) is 5.39. The van der Waals surface area contributed by atoms with Crippen molar-refractivity contribution in [2.75, 3.05) is 11.3 Å². The fraction of sp³-hybridized carbons (Fsp3) is 0.0952. The van der Waals surface area contributed by atoms with Gasteiger partial charge in [-0.1, -0.05) is 12.1 Å². The number of nitrogens with zero attached hydrogens (tertiary/aromatic N) is 1. The average Bonchev–Trinajstić information content (AvgIpc) is 2.79. The van der Waals surface area contributed by atoms with E-state index in [0.29, 0.717) is 18.0 Å². The number of anilines is 1. The number of amides is 2. The van der Waals surface area contributed by atoms with E-state index in [0.717, 1.165) is 0 Å². The highest BCUT2D eigenvalue weighted by Gasteiger charge is 2.17. The van der Waals surface area contributed by atoms with Gasteiger partial charge in [0, 0.05) is 17.4 Å². The van der Waals surface area contributed by atoms with Crippen molar-refractivity contribution in [2.24, 2.45) is 0 Å². The van der Waals surface area contributed by atoms with E-state index in [4.69, 9.17) is 4.74 Å². The van der Waals surface area contributed by atoms with Crippen LogP contribution in [0.3, 0.4) is 0 Å². The van der Waals surface area contributed by atoms with Crippen molar-refractivity contribution in [1.82, 2.24) is 15.8 Å². The SMILES string of the molecule is CCOc1ccc(NS(=O)(=O)c2cccc(C(=O)NNC(=O)c3ccccn3)c2)cc1. The van der Waals surface area contributed by atoms with E-state index in [2.05, 4.69) is 20.6 Å². The Morgan fingerprint density at radius 1 is 0.935 bits per heavy atom. The van der Waals surface area contributed by atoms with Gasteiger partial charge in [0.15, 0.2) is 0 Å². The molecule has 2 amide bonds. The van der Waals surface area contributed by atoms with E-state index >= 15 is 0 Å². The number of pyridine rings is 1. The second-order valence-corrected chi connectivity index (χ2v) is 7.90. The molecule has 0 aliphatic heterocycles. The van der Waals surface area contributed by atoms with Gasteiger partial charge in [0.05, 0.1) is 11.5 Å². The topological polar surface area (TPSA) is 126 Å². The number of rotatable bonds is 7. The van der Waals surface area contributed by atoms with Gasteiger partial charge >= 0.3 is 0 Å². The third kappa shape index (κ3) is 5.80. The molecule has 1 heterocycles. The van der Waals surface area contributed by atoms with Crippen LogP contribution in [0, 0.1) is 0 Å². The number of ether oxygens (including phenoxy) is 1. The van der Waals surface area contributed by atoms with Crippen LogP contribution in [0.25, 0.3) is 0 Å². The molecule has 0 fully saturated rings. The Kier molecular flexibility index (Phi) is 6.83. The van der Waals surface area contributed by atoms with E-state index in [1.54, 1.807) is 36.4 Å². The van der Waals surface area contributed by atoms with Crippen LogP contribution in [0.5, 0.6) is 5.75 Å². The lowest BCUT2D eigenvalue weighted by Gasteiger charge is -2.11. The van der Waals surface area contributed by atoms with Gasteiger partial charge in [0.25, 0.3) is 21.8 Å². The minimum absolute atomic E-state index is 0.0517. The third-order valence-electron chi connectivity index (χ3n) is 4.01. The number of hydrogen-bond acceptors (Lipinski definition) is 6. The van der Waals surface area contributed by atoms with E-state index in [-0.39, 0.29) is 16.2 Å². The molecular weight excluding hydrogens is 420 g/mol. The zero-order valence-electron chi connectivity index (χ0n) is 16.5. The van der Waals surface area contributed by atoms with Crippen molar-refractivity contribution in [1.29, 1.82) is 0 Å². The fourth-order valence-corrected chi connectivity index (χ4v) is 3.66. The summed E-state index contributed by atoms with van der Waals surface area (Å²) in [4.78, 5) is 28.1. The van der Waals surface area contributed by atoms with Gasteiger partial charge in [-0.05, 0) is 61.5 Å². The highest BCUT2D eigenvalue weighted by atomic mass is 32.2. The summed E-state index contributed by atoms with van der Waals surface area (Å²) in [6.07, 6.45) is 1.45. The van der Waals surface area contributed by atoms with Crippen molar-refractivity contribution in [2.45, 2.75) is 11.8 Å². The van der Waals surface area contributed by atoms with Crippen LogP contribution in [-0.4, -0.2) is 31.8 Å². The summed E-state index contributed by atoms with van der Waals surface area (Å²) in [6.45, 7) is 2.35. The monoisotopic (exact) mass is 440 g/mol. The number of aromatic nitrogens is 1.